The summed E-state index contributed by atoms with van der Waals surface area (Å²) in [5.41, 5.74) is -4.10. The van der Waals surface area contributed by atoms with Gasteiger partial charge in [-0.1, -0.05) is 55.8 Å². The second-order valence-corrected chi connectivity index (χ2v) is 19.6. The highest BCUT2D eigenvalue weighted by Gasteiger charge is 2.74. The number of amides is 2. The van der Waals surface area contributed by atoms with Crippen molar-refractivity contribution in [2.75, 3.05) is 19.0 Å². The van der Waals surface area contributed by atoms with Crippen molar-refractivity contribution in [1.82, 2.24) is 4.90 Å². The van der Waals surface area contributed by atoms with E-state index >= 15 is 4.79 Å². The van der Waals surface area contributed by atoms with Crippen LogP contribution in [0.5, 0.6) is 11.5 Å². The number of nitrogens with one attached hydrogen (secondary N) is 1. The number of aliphatic hydroxyl groups is 2. The van der Waals surface area contributed by atoms with E-state index in [4.69, 9.17) is 20.8 Å². The zero-order chi connectivity index (χ0) is 47.2. The molecule has 2 amide bonds. The number of carbonyl (C=O) groups excluding carboxylic acids is 2. The van der Waals surface area contributed by atoms with Gasteiger partial charge in [0.15, 0.2) is 5.76 Å². The minimum Gasteiger partial charge on any atom is -0.497 e. The molecule has 2 bridgehead atoms. The van der Waals surface area contributed by atoms with Crippen molar-refractivity contribution in [3.05, 3.63) is 125 Å². The van der Waals surface area contributed by atoms with E-state index in [1.165, 1.54) is 36.3 Å². The van der Waals surface area contributed by atoms with Crippen LogP contribution in [0.2, 0.25) is 5.02 Å². The zero-order valence-corrected chi connectivity index (χ0v) is 37.1. The van der Waals surface area contributed by atoms with Gasteiger partial charge in [-0.15, -0.1) is 13.2 Å². The van der Waals surface area contributed by atoms with Gasteiger partial charge in [-0.3, -0.25) is 4.79 Å². The first kappa shape index (κ1) is 45.9. The van der Waals surface area contributed by atoms with Crippen LogP contribution in [0.1, 0.15) is 80.5 Å². The minimum absolute atomic E-state index is 0.00669. The van der Waals surface area contributed by atoms with Gasteiger partial charge < -0.3 is 34.3 Å². The molecule has 2 spiro atoms. The number of allylic oxidation sites excluding steroid dienone is 4. The highest BCUT2D eigenvalue weighted by atomic mass is 35.5. The number of hydrogen-bond acceptors (Lipinski definition) is 7. The number of Topliss-reactive ketones (excluding diaryl/α,β-unsaturated/α-hetero) is 1. The molecule has 0 aliphatic heterocycles. The van der Waals surface area contributed by atoms with Crippen LogP contribution in [0.15, 0.2) is 107 Å². The Hall–Kier alpha value is -5.25. The van der Waals surface area contributed by atoms with Crippen molar-refractivity contribution in [3.8, 4) is 22.8 Å². The van der Waals surface area contributed by atoms with Crippen molar-refractivity contribution < 1.29 is 60.0 Å². The predicted molar refractivity (Wildman–Crippen MR) is 233 cm³/mol. The molecule has 3 saturated carbocycles. The fourth-order valence-electron chi connectivity index (χ4n) is 12.6. The van der Waals surface area contributed by atoms with E-state index in [0.29, 0.717) is 61.1 Å². The van der Waals surface area contributed by atoms with E-state index in [-0.39, 0.29) is 58.9 Å². The summed E-state index contributed by atoms with van der Waals surface area (Å²) in [6.07, 6.45) is -0.508. The Balaban J connectivity index is 1.08. The molecule has 9 nitrogen and oxygen atoms in total. The first-order valence-electron chi connectivity index (χ1n) is 21.9. The molecule has 1 unspecified atom stereocenters. The molecule has 1 aromatic heterocycles. The third-order valence-corrected chi connectivity index (χ3v) is 16.3. The number of halogens is 7. The lowest BCUT2D eigenvalue weighted by Gasteiger charge is -2.71. The van der Waals surface area contributed by atoms with Crippen molar-refractivity contribution in [2.45, 2.75) is 89.6 Å². The molecule has 66 heavy (non-hydrogen) atoms. The number of carbonyl (C=O) groups is 2. The average Bonchev–Trinajstić information content (AvgIpc) is 3.85. The number of ether oxygens (including phenoxy) is 2. The number of ketones is 1. The maximum absolute atomic E-state index is 15.2. The topological polar surface area (TPSA) is 121 Å². The Kier molecular flexibility index (Phi) is 11.1. The summed E-state index contributed by atoms with van der Waals surface area (Å²) in [6, 6.07) is 17.0. The summed E-state index contributed by atoms with van der Waals surface area (Å²) in [7, 11) is 1.51. The fraction of sp³-hybridized carbons (Fsp3) is 0.440. The average molecular weight is 939 g/mol. The number of methoxy groups -OCH3 is 1. The van der Waals surface area contributed by atoms with E-state index in [2.05, 4.69) is 29.1 Å². The number of nitrogens with zero attached hydrogens (tertiary/aromatic N) is 1. The minimum atomic E-state index is -4.90. The third-order valence-electron chi connectivity index (χ3n) is 16.0. The van der Waals surface area contributed by atoms with Gasteiger partial charge in [0.05, 0.1) is 35.9 Å². The monoisotopic (exact) mass is 938 g/mol. The summed E-state index contributed by atoms with van der Waals surface area (Å²) >= 11 is 6.39. The number of anilines is 1. The summed E-state index contributed by atoms with van der Waals surface area (Å²) in [4.78, 5) is 31.0. The van der Waals surface area contributed by atoms with Crippen LogP contribution in [0.4, 0.5) is 36.8 Å². The number of urea groups is 1. The van der Waals surface area contributed by atoms with Crippen LogP contribution < -0.4 is 14.8 Å². The molecule has 1 heterocycles. The summed E-state index contributed by atoms with van der Waals surface area (Å²) in [5, 5.41) is 27.2. The number of benzene rings is 3. The van der Waals surface area contributed by atoms with Crippen molar-refractivity contribution in [2.24, 2.45) is 33.5 Å². The SMILES string of the molecule is COc1ccc(NC(=O)N(Cc2ccc(OC(F)(F)F)cc2)C[C@]2(O)CC[C@H]3[C@]45C=C[C@@]6(C=C4C(=O)c4ccc(-c7cc(C(F)(F)F)ccc7Cl)o4)CC(O)CC[C@]6(C)[C@H]5CC[C@@]32C)cc1. The first-order chi connectivity index (χ1) is 31.0. The fourth-order valence-corrected chi connectivity index (χ4v) is 12.8. The van der Waals surface area contributed by atoms with Gasteiger partial charge in [0.25, 0.3) is 0 Å². The smallest absolute Gasteiger partial charge is 0.497 e. The lowest BCUT2D eigenvalue weighted by molar-refractivity contribution is -0.274. The van der Waals surface area contributed by atoms with Gasteiger partial charge in [-0.05, 0) is 134 Å². The molecule has 8 atom stereocenters. The third kappa shape index (κ3) is 7.49. The molecular weight excluding hydrogens is 890 g/mol. The number of fused-ring (bicyclic) bond motifs is 1. The van der Waals surface area contributed by atoms with E-state index in [0.717, 1.165) is 30.3 Å². The number of aliphatic hydroxyl groups excluding tert-OH is 1. The van der Waals surface area contributed by atoms with Crippen LogP contribution in [0, 0.1) is 33.5 Å². The first-order valence-corrected chi connectivity index (χ1v) is 22.3. The Morgan fingerprint density at radius 2 is 1.53 bits per heavy atom. The van der Waals surface area contributed by atoms with Gasteiger partial charge in [-0.2, -0.15) is 13.2 Å². The molecule has 3 N–H and O–H groups in total. The molecular formula is C50H49ClF6N2O7. The van der Waals surface area contributed by atoms with Crippen LogP contribution in [0.25, 0.3) is 11.3 Å². The molecule has 16 heteroatoms. The van der Waals surface area contributed by atoms with Gasteiger partial charge in [0.1, 0.15) is 17.3 Å². The second-order valence-electron chi connectivity index (χ2n) is 19.2. The number of alkyl halides is 6. The molecule has 6 aliphatic rings. The maximum Gasteiger partial charge on any atom is 0.573 e. The number of hydrogen-bond donors (Lipinski definition) is 3. The normalized spacial score (nSPS) is 31.0. The summed E-state index contributed by atoms with van der Waals surface area (Å²) < 4.78 is 95.8. The zero-order valence-electron chi connectivity index (χ0n) is 36.4. The quantitative estimate of drug-likeness (QED) is 0.0822. The highest BCUT2D eigenvalue weighted by molar-refractivity contribution is 6.33. The van der Waals surface area contributed by atoms with Gasteiger partial charge in [0.2, 0.25) is 5.78 Å². The van der Waals surface area contributed by atoms with E-state index in [1.54, 1.807) is 24.3 Å². The van der Waals surface area contributed by atoms with Gasteiger partial charge >= 0.3 is 18.6 Å². The Bertz CT molecular complexity index is 2610. The van der Waals surface area contributed by atoms with Crippen LogP contribution >= 0.6 is 11.6 Å². The molecule has 350 valence electrons. The molecule has 6 aliphatic carbocycles. The largest absolute Gasteiger partial charge is 0.573 e. The molecule has 0 radical (unpaired) electrons. The van der Waals surface area contributed by atoms with Crippen LogP contribution in [-0.4, -0.2) is 58.6 Å². The van der Waals surface area contributed by atoms with Gasteiger partial charge in [0, 0.05) is 39.6 Å². The van der Waals surface area contributed by atoms with E-state index in [9.17, 15) is 41.4 Å². The maximum atomic E-state index is 15.2. The second kappa shape index (κ2) is 15.9. The van der Waals surface area contributed by atoms with Gasteiger partial charge in [-0.25, -0.2) is 4.79 Å². The Labute approximate surface area is 382 Å². The van der Waals surface area contributed by atoms with E-state index < -0.39 is 63.6 Å². The van der Waals surface area contributed by atoms with Crippen LogP contribution in [-0.2, 0) is 12.7 Å². The predicted octanol–water partition coefficient (Wildman–Crippen LogP) is 12.0. The summed E-state index contributed by atoms with van der Waals surface area (Å²) in [6.45, 7) is 3.96. The lowest BCUT2D eigenvalue weighted by atomic mass is 9.32. The van der Waals surface area contributed by atoms with Crippen molar-refractivity contribution >= 4 is 29.1 Å². The Morgan fingerprint density at radius 1 is 0.864 bits per heavy atom. The van der Waals surface area contributed by atoms with E-state index in [1.807, 2.05) is 13.0 Å². The molecule has 0 saturated heterocycles. The molecule has 4 aromatic rings. The lowest BCUT2D eigenvalue weighted by Crippen LogP contribution is -2.67. The molecule has 3 aromatic carbocycles. The van der Waals surface area contributed by atoms with Crippen LogP contribution in [0.3, 0.4) is 0 Å². The number of furan rings is 1. The number of rotatable bonds is 10. The summed E-state index contributed by atoms with van der Waals surface area (Å²) in [5.74, 6) is -0.917. The Morgan fingerprint density at radius 3 is 2.21 bits per heavy atom. The molecule has 10 rings (SSSR count). The standard InChI is InChI=1S/C50H49ClF6N2O7/c1-44-19-16-32(60)25-46(44)22-23-48(36(26-46)42(61)39-15-14-38(65-39)35-24-30(49(52,53)54)6-13-37(35)51)40(44)17-20-45(2)41(48)18-21-47(45,63)28-59(43(62)58-31-7-11-33(64-3)12-8-31)27-29-4-9-34(10-5-29)66-50(55,56)57/h4-15,22-24,26,32,40-41,60,63H,16-21,25,27-28H2,1-3H3,(H,58,62)/t32?,40-,41-,44-,45+,46+,47-,48-/m1/s1. The van der Waals surface area contributed by atoms with Crippen molar-refractivity contribution in [1.29, 1.82) is 0 Å². The molecule has 3 fully saturated rings. The highest BCUT2D eigenvalue weighted by Crippen LogP contribution is 2.78. The van der Waals surface area contributed by atoms with Crippen molar-refractivity contribution in [3.63, 3.8) is 0 Å².